The Labute approximate surface area is 89.5 Å². The second kappa shape index (κ2) is 5.98. The fraction of sp³-hybridized carbons (Fsp3) is 0.250. The van der Waals surface area contributed by atoms with Gasteiger partial charge in [-0.3, -0.25) is 0 Å². The first kappa shape index (κ1) is 11.5. The summed E-state index contributed by atoms with van der Waals surface area (Å²) in [6.45, 7) is 1.69. The molecule has 0 atom stereocenters. The summed E-state index contributed by atoms with van der Waals surface area (Å²) in [6.07, 6.45) is 3.56. The van der Waals surface area contributed by atoms with Crippen molar-refractivity contribution in [2.75, 3.05) is 0 Å². The van der Waals surface area contributed by atoms with E-state index in [1.807, 2.05) is 24.3 Å². The highest BCUT2D eigenvalue weighted by Gasteiger charge is 2.02. The number of carbonyl (C=O) groups is 1. The molecular formula is C12H15NO2. The van der Waals surface area contributed by atoms with Crippen molar-refractivity contribution in [1.29, 1.82) is 0 Å². The number of carbonyl (C=O) groups excluding carboxylic acids is 1. The molecule has 0 aliphatic carbocycles. The average molecular weight is 205 g/mol. The minimum atomic E-state index is -0.469. The van der Waals surface area contributed by atoms with Crippen LogP contribution in [0.2, 0.25) is 0 Å². The second-order valence-corrected chi connectivity index (χ2v) is 3.32. The lowest BCUT2D eigenvalue weighted by Crippen LogP contribution is -2.10. The van der Waals surface area contributed by atoms with E-state index in [9.17, 15) is 4.79 Å². The monoisotopic (exact) mass is 205 g/mol. The van der Waals surface area contributed by atoms with Crippen molar-refractivity contribution >= 4 is 5.97 Å². The summed E-state index contributed by atoms with van der Waals surface area (Å²) in [6, 6.07) is 10.1. The Bertz CT molecular complexity index is 344. The van der Waals surface area contributed by atoms with E-state index in [0.717, 1.165) is 12.8 Å². The quantitative estimate of drug-likeness (QED) is 0.604. The maximum Gasteiger partial charge on any atom is 0.351 e. The van der Waals surface area contributed by atoms with Gasteiger partial charge in [-0.25, -0.2) is 4.79 Å². The van der Waals surface area contributed by atoms with Gasteiger partial charge in [0.2, 0.25) is 0 Å². The number of hydrogen-bond donors (Lipinski definition) is 1. The summed E-state index contributed by atoms with van der Waals surface area (Å²) in [5.74, 6) is 4.30. The normalized spacial score (nSPS) is 11.2. The van der Waals surface area contributed by atoms with E-state index in [0.29, 0.717) is 5.57 Å². The molecule has 0 spiro atoms. The van der Waals surface area contributed by atoms with Crippen LogP contribution < -0.4 is 5.90 Å². The molecular weight excluding hydrogens is 190 g/mol. The summed E-state index contributed by atoms with van der Waals surface area (Å²) in [4.78, 5) is 15.0. The van der Waals surface area contributed by atoms with Crippen molar-refractivity contribution in [2.45, 2.75) is 19.8 Å². The van der Waals surface area contributed by atoms with Gasteiger partial charge in [-0.2, -0.15) is 5.90 Å². The van der Waals surface area contributed by atoms with Crippen LogP contribution in [0.3, 0.4) is 0 Å². The molecule has 1 aromatic carbocycles. The highest BCUT2D eigenvalue weighted by Crippen LogP contribution is 2.05. The molecule has 0 radical (unpaired) electrons. The fourth-order valence-electron chi connectivity index (χ4n) is 1.28. The van der Waals surface area contributed by atoms with Crippen molar-refractivity contribution in [1.82, 2.24) is 0 Å². The Kier molecular flexibility index (Phi) is 4.57. The van der Waals surface area contributed by atoms with E-state index in [1.165, 1.54) is 5.56 Å². The molecule has 15 heavy (non-hydrogen) atoms. The molecule has 3 heteroatoms. The third-order valence-electron chi connectivity index (χ3n) is 2.16. The molecule has 0 fully saturated rings. The maximum absolute atomic E-state index is 10.9. The van der Waals surface area contributed by atoms with Gasteiger partial charge >= 0.3 is 5.97 Å². The first-order valence-corrected chi connectivity index (χ1v) is 4.86. The maximum atomic E-state index is 10.9. The fourth-order valence-corrected chi connectivity index (χ4v) is 1.28. The molecule has 0 aliphatic heterocycles. The SMILES string of the molecule is CC(=CCCc1ccccc1)C(=O)ON. The van der Waals surface area contributed by atoms with Crippen LogP contribution in [0.15, 0.2) is 42.0 Å². The van der Waals surface area contributed by atoms with Crippen LogP contribution in [0.25, 0.3) is 0 Å². The van der Waals surface area contributed by atoms with E-state index in [1.54, 1.807) is 6.92 Å². The van der Waals surface area contributed by atoms with E-state index in [2.05, 4.69) is 17.0 Å². The summed E-state index contributed by atoms with van der Waals surface area (Å²) in [7, 11) is 0. The Morgan fingerprint density at radius 1 is 1.40 bits per heavy atom. The number of benzene rings is 1. The third kappa shape index (κ3) is 3.95. The van der Waals surface area contributed by atoms with Gasteiger partial charge in [0.1, 0.15) is 0 Å². The molecule has 0 aromatic heterocycles. The van der Waals surface area contributed by atoms with Crippen molar-refractivity contribution < 1.29 is 9.63 Å². The van der Waals surface area contributed by atoms with Crippen LogP contribution in [0.4, 0.5) is 0 Å². The predicted molar refractivity (Wildman–Crippen MR) is 58.8 cm³/mol. The molecule has 1 aromatic rings. The Hall–Kier alpha value is -1.61. The van der Waals surface area contributed by atoms with E-state index < -0.39 is 5.97 Å². The number of nitrogens with two attached hydrogens (primary N) is 1. The second-order valence-electron chi connectivity index (χ2n) is 3.32. The lowest BCUT2D eigenvalue weighted by Gasteiger charge is -1.99. The van der Waals surface area contributed by atoms with Gasteiger partial charge in [0.05, 0.1) is 0 Å². The molecule has 0 saturated heterocycles. The van der Waals surface area contributed by atoms with Gasteiger partial charge in [0.15, 0.2) is 0 Å². The molecule has 0 heterocycles. The molecule has 2 N–H and O–H groups in total. The third-order valence-corrected chi connectivity index (χ3v) is 2.16. The van der Waals surface area contributed by atoms with Gasteiger partial charge in [-0.1, -0.05) is 36.4 Å². The summed E-state index contributed by atoms with van der Waals surface area (Å²) >= 11 is 0. The van der Waals surface area contributed by atoms with Crippen molar-refractivity contribution in [3.63, 3.8) is 0 Å². The molecule has 1 rings (SSSR count). The van der Waals surface area contributed by atoms with Crippen LogP contribution in [0, 0.1) is 0 Å². The molecule has 0 bridgehead atoms. The van der Waals surface area contributed by atoms with Crippen LogP contribution in [0.5, 0.6) is 0 Å². The first-order chi connectivity index (χ1) is 7.24. The topological polar surface area (TPSA) is 52.3 Å². The molecule has 0 amide bonds. The zero-order valence-electron chi connectivity index (χ0n) is 8.77. The van der Waals surface area contributed by atoms with Crippen LogP contribution in [0.1, 0.15) is 18.9 Å². The number of aryl methyl sites for hydroxylation is 1. The van der Waals surface area contributed by atoms with E-state index >= 15 is 0 Å². The summed E-state index contributed by atoms with van der Waals surface area (Å²) in [5.41, 5.74) is 1.80. The average Bonchev–Trinajstić information content (AvgIpc) is 2.29. The number of hydrogen-bond acceptors (Lipinski definition) is 3. The standard InChI is InChI=1S/C12H15NO2/c1-10(12(14)15-13)6-5-9-11-7-3-2-4-8-11/h2-4,6-8H,5,9,13H2,1H3. The Balaban J connectivity index is 2.42. The summed E-state index contributed by atoms with van der Waals surface area (Å²) in [5, 5.41) is 0. The highest BCUT2D eigenvalue weighted by molar-refractivity contribution is 5.87. The van der Waals surface area contributed by atoms with Gasteiger partial charge in [0, 0.05) is 5.57 Å². The first-order valence-electron chi connectivity index (χ1n) is 4.86. The number of allylic oxidation sites excluding steroid dienone is 1. The van der Waals surface area contributed by atoms with Crippen LogP contribution in [-0.4, -0.2) is 5.97 Å². The molecule has 0 unspecified atom stereocenters. The smallest absolute Gasteiger partial charge is 0.351 e. The molecule has 80 valence electrons. The predicted octanol–water partition coefficient (Wildman–Crippen LogP) is 1.98. The van der Waals surface area contributed by atoms with Crippen molar-refractivity contribution in [3.8, 4) is 0 Å². The van der Waals surface area contributed by atoms with Crippen LogP contribution in [-0.2, 0) is 16.1 Å². The van der Waals surface area contributed by atoms with Gasteiger partial charge < -0.3 is 4.84 Å². The molecule has 0 saturated carbocycles. The van der Waals surface area contributed by atoms with E-state index in [4.69, 9.17) is 5.90 Å². The van der Waals surface area contributed by atoms with Gasteiger partial charge in [-0.15, -0.1) is 0 Å². The summed E-state index contributed by atoms with van der Waals surface area (Å²) < 4.78 is 0. The molecule has 0 aliphatic rings. The van der Waals surface area contributed by atoms with Crippen molar-refractivity contribution in [3.05, 3.63) is 47.5 Å². The zero-order valence-corrected chi connectivity index (χ0v) is 8.77. The Morgan fingerprint density at radius 2 is 2.07 bits per heavy atom. The van der Waals surface area contributed by atoms with Gasteiger partial charge in [-0.05, 0) is 25.3 Å². The number of rotatable bonds is 4. The lowest BCUT2D eigenvalue weighted by molar-refractivity contribution is -0.139. The molecule has 3 nitrogen and oxygen atoms in total. The van der Waals surface area contributed by atoms with Crippen molar-refractivity contribution in [2.24, 2.45) is 5.90 Å². The minimum Gasteiger partial charge on any atom is -0.370 e. The highest BCUT2D eigenvalue weighted by atomic mass is 16.7. The lowest BCUT2D eigenvalue weighted by atomic mass is 10.1. The van der Waals surface area contributed by atoms with Crippen LogP contribution >= 0.6 is 0 Å². The largest absolute Gasteiger partial charge is 0.370 e. The zero-order chi connectivity index (χ0) is 11.1. The van der Waals surface area contributed by atoms with E-state index in [-0.39, 0.29) is 0 Å². The Morgan fingerprint density at radius 3 is 2.67 bits per heavy atom. The minimum absolute atomic E-state index is 0.469. The van der Waals surface area contributed by atoms with Gasteiger partial charge in [0.25, 0.3) is 0 Å².